The van der Waals surface area contributed by atoms with Crippen molar-refractivity contribution in [2.75, 3.05) is 0 Å². The van der Waals surface area contributed by atoms with Gasteiger partial charge in [0, 0.05) is 0 Å². The molecule has 1 fully saturated rings. The molecule has 0 aliphatic heterocycles. The van der Waals surface area contributed by atoms with E-state index in [2.05, 4.69) is 10.9 Å². The van der Waals surface area contributed by atoms with Crippen LogP contribution in [0.3, 0.4) is 0 Å². The minimum Gasteiger partial charge on any atom is -0.481 e. The van der Waals surface area contributed by atoms with Gasteiger partial charge < -0.3 is 9.84 Å². The van der Waals surface area contributed by atoms with Crippen LogP contribution >= 0.6 is 0 Å². The fraction of sp³-hybridized carbons (Fsp3) is 0.450. The summed E-state index contributed by atoms with van der Waals surface area (Å²) in [5.74, 6) is -3.04. The summed E-state index contributed by atoms with van der Waals surface area (Å²) in [4.78, 5) is 36.2. The van der Waals surface area contributed by atoms with Crippen molar-refractivity contribution in [3.8, 4) is 5.75 Å². The Balaban J connectivity index is 1.55. The number of hydrogen-bond acceptors (Lipinski definition) is 4. The molecule has 2 aliphatic carbocycles. The molecule has 7 heteroatoms. The first-order chi connectivity index (χ1) is 12.8. The van der Waals surface area contributed by atoms with Crippen LogP contribution in [0.4, 0.5) is 0 Å². The highest BCUT2D eigenvalue weighted by Gasteiger charge is 2.51. The SMILES string of the molecule is Cc1ccc(O[C@@H](C)C(=O)NNC(=O)[C@H]2[C@@H](C(=O)O)[C@H]3C=C[C@H]2C3)cc1C. The van der Waals surface area contributed by atoms with Gasteiger partial charge in [-0.25, -0.2) is 0 Å². The molecule has 0 saturated heterocycles. The number of rotatable bonds is 5. The molecule has 0 radical (unpaired) electrons. The van der Waals surface area contributed by atoms with Crippen LogP contribution in [0.1, 0.15) is 24.5 Å². The summed E-state index contributed by atoms with van der Waals surface area (Å²) in [7, 11) is 0. The molecule has 5 atom stereocenters. The third-order valence-electron chi connectivity index (χ3n) is 5.52. The van der Waals surface area contributed by atoms with E-state index in [0.29, 0.717) is 12.2 Å². The van der Waals surface area contributed by atoms with E-state index in [-0.39, 0.29) is 11.8 Å². The van der Waals surface area contributed by atoms with Crippen LogP contribution < -0.4 is 15.6 Å². The molecule has 1 aromatic carbocycles. The molecule has 0 spiro atoms. The van der Waals surface area contributed by atoms with E-state index in [0.717, 1.165) is 11.1 Å². The maximum Gasteiger partial charge on any atom is 0.307 e. The Labute approximate surface area is 157 Å². The molecule has 144 valence electrons. The average molecular weight is 372 g/mol. The number of carbonyl (C=O) groups is 3. The summed E-state index contributed by atoms with van der Waals surface area (Å²) in [6.07, 6.45) is 3.60. The van der Waals surface area contributed by atoms with Crippen LogP contribution in [0.2, 0.25) is 0 Å². The number of carboxylic acid groups (broad SMARTS) is 1. The van der Waals surface area contributed by atoms with E-state index in [1.54, 1.807) is 13.0 Å². The van der Waals surface area contributed by atoms with Gasteiger partial charge in [-0.1, -0.05) is 18.2 Å². The van der Waals surface area contributed by atoms with Gasteiger partial charge in [0.2, 0.25) is 5.91 Å². The van der Waals surface area contributed by atoms with Crippen LogP contribution in [0.25, 0.3) is 0 Å². The van der Waals surface area contributed by atoms with Crippen LogP contribution in [0.5, 0.6) is 5.75 Å². The Morgan fingerprint density at radius 1 is 1.07 bits per heavy atom. The van der Waals surface area contributed by atoms with Gasteiger partial charge in [-0.05, 0) is 62.3 Å². The first kappa shape index (κ1) is 18.9. The predicted octanol–water partition coefficient (Wildman–Crippen LogP) is 1.74. The largest absolute Gasteiger partial charge is 0.481 e. The van der Waals surface area contributed by atoms with Gasteiger partial charge in [0.15, 0.2) is 6.10 Å². The number of aliphatic carboxylic acids is 1. The molecule has 2 amide bonds. The number of hydrogen-bond donors (Lipinski definition) is 3. The van der Waals surface area contributed by atoms with Crippen molar-refractivity contribution in [2.45, 2.75) is 33.3 Å². The molecule has 1 saturated carbocycles. The van der Waals surface area contributed by atoms with Crippen LogP contribution in [-0.2, 0) is 14.4 Å². The van der Waals surface area contributed by atoms with Crippen molar-refractivity contribution in [2.24, 2.45) is 23.7 Å². The summed E-state index contributed by atoms with van der Waals surface area (Å²) >= 11 is 0. The molecule has 2 bridgehead atoms. The number of allylic oxidation sites excluding steroid dienone is 2. The number of aryl methyl sites for hydroxylation is 2. The van der Waals surface area contributed by atoms with Gasteiger partial charge in [-0.2, -0.15) is 0 Å². The first-order valence-corrected chi connectivity index (χ1v) is 9.02. The van der Waals surface area contributed by atoms with Crippen molar-refractivity contribution in [1.29, 1.82) is 0 Å². The number of fused-ring (bicyclic) bond motifs is 2. The summed E-state index contributed by atoms with van der Waals surface area (Å²) in [6, 6.07) is 5.53. The quantitative estimate of drug-likeness (QED) is 0.539. The van der Waals surface area contributed by atoms with E-state index >= 15 is 0 Å². The van der Waals surface area contributed by atoms with Gasteiger partial charge in [0.25, 0.3) is 5.91 Å². The third-order valence-corrected chi connectivity index (χ3v) is 5.52. The maximum atomic E-state index is 12.5. The minimum atomic E-state index is -0.982. The topological polar surface area (TPSA) is 105 Å². The standard InChI is InChI=1S/C20H24N2O5/c1-10-4-7-15(8-11(10)2)27-12(3)18(23)21-22-19(24)16-13-5-6-14(9-13)17(16)20(25)26/h4-8,12-14,16-17H,9H2,1-3H3,(H,21,23)(H,22,24)(H,25,26)/t12-,13-,14-,16+,17-/m0/s1. The lowest BCUT2D eigenvalue weighted by atomic mass is 9.82. The minimum absolute atomic E-state index is 0.0998. The summed E-state index contributed by atoms with van der Waals surface area (Å²) in [5, 5.41) is 9.41. The zero-order valence-corrected chi connectivity index (χ0v) is 15.6. The van der Waals surface area contributed by atoms with Crippen LogP contribution in [-0.4, -0.2) is 29.0 Å². The Morgan fingerprint density at radius 3 is 2.37 bits per heavy atom. The lowest BCUT2D eigenvalue weighted by molar-refractivity contribution is -0.148. The number of nitrogens with one attached hydrogen (secondary N) is 2. The summed E-state index contributed by atoms with van der Waals surface area (Å²) in [5.41, 5.74) is 6.89. The summed E-state index contributed by atoms with van der Waals surface area (Å²) in [6.45, 7) is 5.52. The van der Waals surface area contributed by atoms with Crippen LogP contribution in [0.15, 0.2) is 30.4 Å². The fourth-order valence-corrected chi connectivity index (χ4v) is 3.87. The van der Waals surface area contributed by atoms with E-state index in [1.807, 2.05) is 38.1 Å². The fourth-order valence-electron chi connectivity index (χ4n) is 3.87. The molecule has 0 unspecified atom stereocenters. The summed E-state index contributed by atoms with van der Waals surface area (Å²) < 4.78 is 5.61. The van der Waals surface area contributed by atoms with Crippen molar-refractivity contribution in [1.82, 2.24) is 10.9 Å². The van der Waals surface area contributed by atoms with Gasteiger partial charge >= 0.3 is 5.97 Å². The number of amides is 2. The normalized spacial score (nSPS) is 26.5. The average Bonchev–Trinajstić information content (AvgIpc) is 3.23. The highest BCUT2D eigenvalue weighted by Crippen LogP contribution is 2.48. The molecule has 2 aliphatic rings. The molecule has 3 rings (SSSR count). The molecule has 0 aromatic heterocycles. The predicted molar refractivity (Wildman–Crippen MR) is 97.6 cm³/mol. The molecule has 1 aromatic rings. The van der Waals surface area contributed by atoms with E-state index in [4.69, 9.17) is 4.74 Å². The highest BCUT2D eigenvalue weighted by molar-refractivity contribution is 5.89. The van der Waals surface area contributed by atoms with Crippen LogP contribution in [0, 0.1) is 37.5 Å². The van der Waals surface area contributed by atoms with Crippen molar-refractivity contribution in [3.05, 3.63) is 41.5 Å². The Hall–Kier alpha value is -2.83. The van der Waals surface area contributed by atoms with Crippen molar-refractivity contribution < 1.29 is 24.2 Å². The van der Waals surface area contributed by atoms with Gasteiger partial charge in [-0.3, -0.25) is 25.2 Å². The molecule has 0 heterocycles. The first-order valence-electron chi connectivity index (χ1n) is 9.02. The Morgan fingerprint density at radius 2 is 1.74 bits per heavy atom. The zero-order chi connectivity index (χ0) is 19.7. The van der Waals surface area contributed by atoms with Crippen molar-refractivity contribution >= 4 is 17.8 Å². The maximum absolute atomic E-state index is 12.5. The lowest BCUT2D eigenvalue weighted by Gasteiger charge is -2.24. The number of hydrazine groups is 1. The number of benzene rings is 1. The molecular formula is C20H24N2O5. The van der Waals surface area contributed by atoms with Gasteiger partial charge in [-0.15, -0.1) is 0 Å². The monoisotopic (exact) mass is 372 g/mol. The highest BCUT2D eigenvalue weighted by atomic mass is 16.5. The van der Waals surface area contributed by atoms with Gasteiger partial charge in [0.1, 0.15) is 5.75 Å². The Kier molecular flexibility index (Phi) is 5.21. The third kappa shape index (κ3) is 3.82. The Bertz CT molecular complexity index is 804. The van der Waals surface area contributed by atoms with Crippen molar-refractivity contribution in [3.63, 3.8) is 0 Å². The van der Waals surface area contributed by atoms with Gasteiger partial charge in [0.05, 0.1) is 11.8 Å². The molecule has 27 heavy (non-hydrogen) atoms. The van der Waals surface area contributed by atoms with E-state index in [1.165, 1.54) is 0 Å². The smallest absolute Gasteiger partial charge is 0.307 e. The number of carbonyl (C=O) groups excluding carboxylic acids is 2. The number of ether oxygens (including phenoxy) is 1. The second kappa shape index (κ2) is 7.42. The second-order valence-corrected chi connectivity index (χ2v) is 7.32. The lowest BCUT2D eigenvalue weighted by Crippen LogP contribution is -2.51. The zero-order valence-electron chi connectivity index (χ0n) is 15.6. The van der Waals surface area contributed by atoms with E-state index in [9.17, 15) is 19.5 Å². The second-order valence-electron chi connectivity index (χ2n) is 7.32. The molecule has 7 nitrogen and oxygen atoms in total. The molecular weight excluding hydrogens is 348 g/mol. The molecule has 3 N–H and O–H groups in total. The number of carboxylic acids is 1. The van der Waals surface area contributed by atoms with E-state index < -0.39 is 35.7 Å².